The van der Waals surface area contributed by atoms with Crippen molar-refractivity contribution in [1.82, 2.24) is 5.48 Å². The molecule has 1 aliphatic heterocycles. The highest BCUT2D eigenvalue weighted by Crippen LogP contribution is 2.07. The molecular formula is C6H9NO3. The van der Waals surface area contributed by atoms with Crippen LogP contribution in [-0.2, 0) is 14.4 Å². The molecule has 4 heteroatoms. The average Bonchev–Trinajstić information content (AvgIpc) is 2.71. The van der Waals surface area contributed by atoms with Gasteiger partial charge in [0.05, 0.1) is 6.61 Å². The minimum absolute atomic E-state index is 0.171. The van der Waals surface area contributed by atoms with E-state index in [4.69, 9.17) is 9.57 Å². The Morgan fingerprint density at radius 1 is 2.00 bits per heavy atom. The topological polar surface area (TPSA) is 50.9 Å². The number of rotatable bonds is 4. The third-order valence-corrected chi connectivity index (χ3v) is 1.03. The summed E-state index contributed by atoms with van der Waals surface area (Å²) in [6, 6.07) is 0. The summed E-state index contributed by atoms with van der Waals surface area (Å²) >= 11 is 0. The van der Waals surface area contributed by atoms with E-state index < -0.39 is 0 Å². The zero-order valence-electron chi connectivity index (χ0n) is 5.50. The molecule has 1 heterocycles. The summed E-state index contributed by atoms with van der Waals surface area (Å²) in [5.74, 6) is -0.333. The monoisotopic (exact) mass is 143 g/mol. The van der Waals surface area contributed by atoms with Gasteiger partial charge in [0.1, 0.15) is 12.7 Å². The highest BCUT2D eigenvalue weighted by Gasteiger charge is 2.22. The fraction of sp³-hybridized carbons (Fsp3) is 0.500. The molecular weight excluding hydrogens is 134 g/mol. The maximum atomic E-state index is 10.4. The van der Waals surface area contributed by atoms with Crippen molar-refractivity contribution in [2.45, 2.75) is 6.10 Å². The van der Waals surface area contributed by atoms with Crippen molar-refractivity contribution in [2.24, 2.45) is 0 Å². The van der Waals surface area contributed by atoms with Gasteiger partial charge >= 0.3 is 0 Å². The Labute approximate surface area is 58.8 Å². The molecule has 0 saturated carbocycles. The molecule has 1 fully saturated rings. The molecule has 0 aromatic rings. The third kappa shape index (κ3) is 2.61. The van der Waals surface area contributed by atoms with Crippen LogP contribution in [0.15, 0.2) is 12.7 Å². The predicted octanol–water partition coefficient (Wildman–Crippen LogP) is -0.381. The molecule has 0 aromatic heterocycles. The number of carbonyl (C=O) groups is 1. The molecule has 10 heavy (non-hydrogen) atoms. The second-order valence-electron chi connectivity index (χ2n) is 1.94. The fourth-order valence-electron chi connectivity index (χ4n) is 0.412. The van der Waals surface area contributed by atoms with Crippen molar-refractivity contribution < 1.29 is 14.4 Å². The molecule has 1 rings (SSSR count). The van der Waals surface area contributed by atoms with E-state index in [-0.39, 0.29) is 12.0 Å². The smallest absolute Gasteiger partial charge is 0.266 e. The normalized spacial score (nSPS) is 21.8. The molecule has 0 radical (unpaired) electrons. The van der Waals surface area contributed by atoms with Crippen molar-refractivity contribution >= 4 is 5.91 Å². The lowest BCUT2D eigenvalue weighted by Crippen LogP contribution is -2.23. The lowest BCUT2D eigenvalue weighted by Gasteiger charge is -1.98. The van der Waals surface area contributed by atoms with Crippen molar-refractivity contribution in [3.05, 3.63) is 12.7 Å². The van der Waals surface area contributed by atoms with Crippen LogP contribution in [0.2, 0.25) is 0 Å². The quantitative estimate of drug-likeness (QED) is 0.331. The van der Waals surface area contributed by atoms with Crippen LogP contribution in [0.5, 0.6) is 0 Å². The maximum Gasteiger partial charge on any atom is 0.266 e. The zero-order chi connectivity index (χ0) is 7.40. The number of hydrogen-bond acceptors (Lipinski definition) is 3. The molecule has 0 aromatic carbocycles. The van der Waals surface area contributed by atoms with Crippen molar-refractivity contribution in [2.75, 3.05) is 13.2 Å². The summed E-state index contributed by atoms with van der Waals surface area (Å²) in [6.07, 6.45) is 1.32. The number of hydrogen-bond donors (Lipinski definition) is 1. The van der Waals surface area contributed by atoms with Gasteiger partial charge in [-0.15, -0.1) is 0 Å². The molecule has 1 unspecified atom stereocenters. The predicted molar refractivity (Wildman–Crippen MR) is 34.0 cm³/mol. The lowest BCUT2D eigenvalue weighted by atomic mass is 10.5. The van der Waals surface area contributed by atoms with Gasteiger partial charge in [-0.1, -0.05) is 6.58 Å². The largest absolute Gasteiger partial charge is 0.371 e. The highest BCUT2D eigenvalue weighted by atomic mass is 16.7. The molecule has 56 valence electrons. The highest BCUT2D eigenvalue weighted by molar-refractivity contribution is 5.85. The van der Waals surface area contributed by atoms with Gasteiger partial charge in [0.2, 0.25) is 0 Å². The first-order valence-electron chi connectivity index (χ1n) is 2.98. The number of hydroxylamine groups is 1. The molecule has 1 saturated heterocycles. The van der Waals surface area contributed by atoms with E-state index >= 15 is 0 Å². The Kier molecular flexibility index (Phi) is 2.42. The van der Waals surface area contributed by atoms with E-state index in [1.807, 2.05) is 0 Å². The standard InChI is InChI=1S/C6H9NO3/c1-2-6(8)7-10-4-5-3-9-5/h2,5H,1,3-4H2,(H,7,8). The SMILES string of the molecule is C=CC(=O)NOCC1CO1. The van der Waals surface area contributed by atoms with Gasteiger partial charge in [-0.05, 0) is 6.08 Å². The van der Waals surface area contributed by atoms with E-state index in [9.17, 15) is 4.79 Å². The number of epoxide rings is 1. The van der Waals surface area contributed by atoms with Crippen LogP contribution in [0.4, 0.5) is 0 Å². The van der Waals surface area contributed by atoms with E-state index in [1.54, 1.807) is 0 Å². The van der Waals surface area contributed by atoms with Gasteiger partial charge in [-0.25, -0.2) is 5.48 Å². The van der Waals surface area contributed by atoms with Gasteiger partial charge in [-0.3, -0.25) is 9.63 Å². The second kappa shape index (κ2) is 3.34. The molecule has 1 amide bonds. The second-order valence-corrected chi connectivity index (χ2v) is 1.94. The number of carbonyl (C=O) groups excluding carboxylic acids is 1. The molecule has 1 N–H and O–H groups in total. The maximum absolute atomic E-state index is 10.4. The van der Waals surface area contributed by atoms with E-state index in [0.717, 1.165) is 12.7 Å². The summed E-state index contributed by atoms with van der Waals surface area (Å²) in [5.41, 5.74) is 2.17. The average molecular weight is 143 g/mol. The van der Waals surface area contributed by atoms with Gasteiger partial charge in [0, 0.05) is 0 Å². The first-order chi connectivity index (χ1) is 4.83. The summed E-state index contributed by atoms with van der Waals surface area (Å²) in [7, 11) is 0. The van der Waals surface area contributed by atoms with Crippen LogP contribution < -0.4 is 5.48 Å². The van der Waals surface area contributed by atoms with E-state index in [1.165, 1.54) is 0 Å². The lowest BCUT2D eigenvalue weighted by molar-refractivity contribution is -0.128. The van der Waals surface area contributed by atoms with Crippen molar-refractivity contribution in [3.8, 4) is 0 Å². The first-order valence-corrected chi connectivity index (χ1v) is 2.98. The molecule has 0 bridgehead atoms. The van der Waals surface area contributed by atoms with Crippen LogP contribution in [0.1, 0.15) is 0 Å². The Balaban J connectivity index is 1.93. The molecule has 0 aliphatic carbocycles. The Hall–Kier alpha value is -0.870. The minimum Gasteiger partial charge on any atom is -0.371 e. The van der Waals surface area contributed by atoms with Crippen LogP contribution in [-0.4, -0.2) is 25.2 Å². The zero-order valence-corrected chi connectivity index (χ0v) is 5.50. The van der Waals surface area contributed by atoms with Gasteiger partial charge in [0.25, 0.3) is 5.91 Å². The van der Waals surface area contributed by atoms with E-state index in [0.29, 0.717) is 6.61 Å². The molecule has 1 aliphatic rings. The first kappa shape index (κ1) is 7.24. The Bertz CT molecular complexity index is 142. The molecule has 4 nitrogen and oxygen atoms in total. The van der Waals surface area contributed by atoms with Gasteiger partial charge in [0.15, 0.2) is 0 Å². The summed E-state index contributed by atoms with van der Waals surface area (Å²) in [4.78, 5) is 15.1. The molecule has 1 atom stereocenters. The fourth-order valence-corrected chi connectivity index (χ4v) is 0.412. The number of nitrogens with one attached hydrogen (secondary N) is 1. The van der Waals surface area contributed by atoms with Crippen LogP contribution in [0, 0.1) is 0 Å². The van der Waals surface area contributed by atoms with Gasteiger partial charge in [-0.2, -0.15) is 0 Å². The Morgan fingerprint density at radius 3 is 3.20 bits per heavy atom. The minimum atomic E-state index is -0.333. The van der Waals surface area contributed by atoms with Crippen molar-refractivity contribution in [3.63, 3.8) is 0 Å². The van der Waals surface area contributed by atoms with E-state index in [2.05, 4.69) is 12.1 Å². The van der Waals surface area contributed by atoms with Gasteiger partial charge < -0.3 is 4.74 Å². The van der Waals surface area contributed by atoms with Crippen LogP contribution in [0.3, 0.4) is 0 Å². The van der Waals surface area contributed by atoms with Crippen LogP contribution >= 0.6 is 0 Å². The molecule has 0 spiro atoms. The Morgan fingerprint density at radius 2 is 2.70 bits per heavy atom. The summed E-state index contributed by atoms with van der Waals surface area (Å²) < 4.78 is 4.82. The summed E-state index contributed by atoms with van der Waals surface area (Å²) in [5, 5.41) is 0. The third-order valence-electron chi connectivity index (χ3n) is 1.03. The van der Waals surface area contributed by atoms with Crippen LogP contribution in [0.25, 0.3) is 0 Å². The number of amides is 1. The van der Waals surface area contributed by atoms with Crippen molar-refractivity contribution in [1.29, 1.82) is 0 Å². The summed E-state index contributed by atoms with van der Waals surface area (Å²) in [6.45, 7) is 4.39. The number of ether oxygens (including phenoxy) is 1.